The third-order valence-corrected chi connectivity index (χ3v) is 15.8. The highest BCUT2D eigenvalue weighted by Crippen LogP contribution is 2.27. The van der Waals surface area contributed by atoms with E-state index in [2.05, 4.69) is 81.5 Å². The second kappa shape index (κ2) is 40.6. The molecule has 37 heteroatoms. The Morgan fingerprint density at radius 2 is 1.14 bits per heavy atom. The molecule has 2 aliphatic heterocycles. The Balaban J connectivity index is 0.00000401. The van der Waals surface area contributed by atoms with Gasteiger partial charge >= 0.3 is 22.3 Å². The van der Waals surface area contributed by atoms with Crippen molar-refractivity contribution in [1.82, 2.24) is 58.5 Å². The van der Waals surface area contributed by atoms with Gasteiger partial charge in [0.25, 0.3) is 0 Å². The number of thioether (sulfide) groups is 1. The molecule has 3 aromatic rings. The van der Waals surface area contributed by atoms with Crippen LogP contribution in [-0.4, -0.2) is 209 Å². The Morgan fingerprint density at radius 3 is 1.66 bits per heavy atom. The zero-order chi connectivity index (χ0) is 73.5. The largest absolute Gasteiger partial charge is 0.481 e. The third kappa shape index (κ3) is 29.2. The van der Waals surface area contributed by atoms with Gasteiger partial charge in [-0.15, -0.1) is 0 Å². The lowest BCUT2D eigenvalue weighted by Crippen LogP contribution is -2.61. The summed E-state index contributed by atoms with van der Waals surface area (Å²) in [5.41, 5.74) is 13.3. The molecule has 540 valence electrons. The zero-order valence-corrected chi connectivity index (χ0v) is 56.2. The maximum atomic E-state index is 14.4. The number of carbonyl (C=O) groups is 14. The number of primary amides is 2. The molecule has 2 heterocycles. The molecule has 0 radical (unpaired) electrons. The minimum Gasteiger partial charge on any atom is -0.481 e. The molecule has 5 rings (SSSR count). The second-order valence-electron chi connectivity index (χ2n) is 22.7. The predicted molar refractivity (Wildman–Crippen MR) is 355 cm³/mol. The van der Waals surface area contributed by atoms with Crippen LogP contribution in [0.15, 0.2) is 83.9 Å². The molecule has 3 aromatic carbocycles. The summed E-state index contributed by atoms with van der Waals surface area (Å²) in [6, 6.07) is 4.85. The number of fused-ring (bicyclic) bond motifs is 1. The molecular weight excluding hydrogens is 1340 g/mol. The molecule has 0 saturated carbocycles. The number of nitrogens with zero attached hydrogens (tertiary/aromatic N) is 1. The molecule has 1 saturated heterocycles. The van der Waals surface area contributed by atoms with E-state index in [1.165, 1.54) is 23.9 Å². The normalized spacial score (nSPS) is 15.7. The quantitative estimate of drug-likeness (QED) is 0.0242. The fourth-order valence-corrected chi connectivity index (χ4v) is 10.6. The zero-order valence-electron chi connectivity index (χ0n) is 54.5. The number of amides is 12. The SMILES string of the molecule is CCNCC.CSCC[C@H](NC(=O)[C@@H](CC1=Nc2ccccc2C1)NC(=O)CNC(=O)[C@@H](NC(=O)[C@H](Cc1ccc(OS(=O)(=O)O)cc1)NC(=O)[C@H](CC(=O)O)NC(=O)[C@H](CCC(N)=O)NC(=O)[C@@H]1CCC(=O)N1)[C@@H](C)O)C(=O)N[C@@H](CC(=O)O)C(=O)N[C@@H](Cc1ccccc1)C(N)=O. The summed E-state index contributed by atoms with van der Waals surface area (Å²) in [6.07, 6.45) is -4.08. The van der Waals surface area contributed by atoms with E-state index in [0.29, 0.717) is 17.0 Å². The molecule has 10 atom stereocenters. The molecule has 0 aliphatic carbocycles. The number of rotatable bonds is 40. The molecule has 1 fully saturated rings. The molecule has 0 spiro atoms. The Morgan fingerprint density at radius 1 is 0.636 bits per heavy atom. The first-order valence-corrected chi connectivity index (χ1v) is 33.9. The molecule has 2 aliphatic rings. The Hall–Kier alpha value is -10.1. The van der Waals surface area contributed by atoms with Crippen molar-refractivity contribution >= 4 is 116 Å². The van der Waals surface area contributed by atoms with Gasteiger partial charge in [-0.3, -0.25) is 76.7 Å². The van der Waals surface area contributed by atoms with Gasteiger partial charge in [0.2, 0.25) is 70.9 Å². The van der Waals surface area contributed by atoms with E-state index in [1.807, 2.05) is 0 Å². The smallest absolute Gasteiger partial charge is 0.446 e. The monoisotopic (exact) mass is 1420 g/mol. The molecule has 0 bridgehead atoms. The fourth-order valence-electron chi connectivity index (χ4n) is 9.79. The number of para-hydroxylation sites is 1. The van der Waals surface area contributed by atoms with Crippen LogP contribution in [0.5, 0.6) is 5.75 Å². The van der Waals surface area contributed by atoms with Gasteiger partial charge in [-0.2, -0.15) is 20.2 Å². The summed E-state index contributed by atoms with van der Waals surface area (Å²) in [7, 11) is -5.02. The molecular formula is C62H84N14O21S2. The van der Waals surface area contributed by atoms with Crippen molar-refractivity contribution in [1.29, 1.82) is 0 Å². The van der Waals surface area contributed by atoms with Crippen LogP contribution in [-0.2, 0) is 96.8 Å². The van der Waals surface area contributed by atoms with E-state index in [0.717, 1.165) is 37.7 Å². The number of hydrogen-bond acceptors (Lipinski definition) is 21. The highest BCUT2D eigenvalue weighted by atomic mass is 32.3. The summed E-state index contributed by atoms with van der Waals surface area (Å²) in [5.74, 6) is -15.9. The topological polar surface area (TPSA) is 560 Å². The van der Waals surface area contributed by atoms with Crippen LogP contribution >= 0.6 is 11.8 Å². The van der Waals surface area contributed by atoms with Gasteiger partial charge in [0.05, 0.1) is 31.2 Å². The second-order valence-corrected chi connectivity index (χ2v) is 24.7. The van der Waals surface area contributed by atoms with Gasteiger partial charge in [-0.25, -0.2) is 0 Å². The first-order chi connectivity index (χ1) is 46.8. The van der Waals surface area contributed by atoms with Crippen molar-refractivity contribution in [2.24, 2.45) is 16.5 Å². The summed E-state index contributed by atoms with van der Waals surface area (Å²) in [6.45, 7) is 6.46. The number of benzene rings is 3. The molecule has 19 N–H and O–H groups in total. The minimum atomic E-state index is -5.02. The van der Waals surface area contributed by atoms with Crippen LogP contribution in [0.2, 0.25) is 0 Å². The standard InChI is InChI=1S/C58H73N13O21S2.C4H11N/c1-29(72)49(71-57(87)40(23-31-12-14-34(15-13-31)92-94(89,90)91)68-56(86)43(27-48(78)79)69-52(82)37(16-18-44(59)73)65-51(81)36-17-19-45(74)63-36)58(88)61-28-46(75)64-41(25-33-24-32-10-6-7-11-35(32)62-33)54(84)66-38(20-21-93-2)53(83)70-42(26-47(76)77)55(85)67-39(50(60)80)22-30-8-4-3-5-9-30;1-3-5-4-2/h3-15,29,36-43,49,72H,16-28H2,1-2H3,(H2,59,73)(H2,60,80)(H,61,88)(H,63,74)(H,64,75)(H,65,81)(H,66,84)(H,67,85)(H,68,86)(H,69,82)(H,70,83)(H,71,87)(H,76,77)(H,78,79)(H,89,90,91);5H,3-4H2,1-2H3/t29-,36+,37+,38+,39+,40+,41-,42+,43+,49+;/m1./s1. The van der Waals surface area contributed by atoms with Gasteiger partial charge in [0, 0.05) is 44.2 Å². The van der Waals surface area contributed by atoms with Crippen LogP contribution < -0.4 is 74.1 Å². The van der Waals surface area contributed by atoms with Gasteiger partial charge in [0.15, 0.2) is 0 Å². The number of nitrogens with one attached hydrogen (secondary N) is 11. The van der Waals surface area contributed by atoms with Crippen LogP contribution in [0.25, 0.3) is 0 Å². The fraction of sp³-hybridized carbons (Fsp3) is 0.468. The molecule has 0 aromatic heterocycles. The maximum Gasteiger partial charge on any atom is 0.446 e. The van der Waals surface area contributed by atoms with Gasteiger partial charge < -0.3 is 89.5 Å². The number of carboxylic acids is 2. The Bertz CT molecular complexity index is 3530. The first kappa shape index (κ1) is 81.3. The van der Waals surface area contributed by atoms with Crippen molar-refractivity contribution in [3.05, 3.63) is 95.6 Å². The summed E-state index contributed by atoms with van der Waals surface area (Å²) in [5, 5.41) is 57.0. The van der Waals surface area contributed by atoms with Crippen molar-refractivity contribution in [3.8, 4) is 5.75 Å². The van der Waals surface area contributed by atoms with Gasteiger partial charge in [-0.05, 0) is 86.2 Å². The van der Waals surface area contributed by atoms with Crippen LogP contribution in [0.1, 0.15) is 88.8 Å². The lowest BCUT2D eigenvalue weighted by atomic mass is 10.0. The van der Waals surface area contributed by atoms with E-state index in [-0.39, 0.29) is 49.8 Å². The number of aliphatic carboxylic acids is 2. The summed E-state index contributed by atoms with van der Waals surface area (Å²) < 4.78 is 36.3. The third-order valence-electron chi connectivity index (χ3n) is 14.8. The highest BCUT2D eigenvalue weighted by Gasteiger charge is 2.38. The molecule has 12 amide bonds. The number of carboxylic acid groups (broad SMARTS) is 2. The maximum absolute atomic E-state index is 14.4. The minimum absolute atomic E-state index is 0.0226. The van der Waals surface area contributed by atoms with Crippen molar-refractivity contribution in [2.75, 3.05) is 31.6 Å². The molecule has 35 nitrogen and oxygen atoms in total. The lowest BCUT2D eigenvalue weighted by Gasteiger charge is -2.27. The molecule has 99 heavy (non-hydrogen) atoms. The van der Waals surface area contributed by atoms with E-state index in [1.54, 1.807) is 60.9 Å². The van der Waals surface area contributed by atoms with Crippen molar-refractivity contribution in [3.63, 3.8) is 0 Å². The van der Waals surface area contributed by atoms with Crippen LogP contribution in [0.4, 0.5) is 5.69 Å². The van der Waals surface area contributed by atoms with E-state index in [9.17, 15) is 90.9 Å². The number of nitrogens with two attached hydrogens (primary N) is 2. The number of aliphatic imine (C=N–C) groups is 1. The first-order valence-electron chi connectivity index (χ1n) is 31.1. The van der Waals surface area contributed by atoms with Crippen molar-refractivity contribution in [2.45, 2.75) is 152 Å². The molecule has 0 unspecified atom stereocenters. The van der Waals surface area contributed by atoms with Gasteiger partial charge in [-0.1, -0.05) is 74.5 Å². The van der Waals surface area contributed by atoms with Crippen molar-refractivity contribution < 1.29 is 99.6 Å². The number of aliphatic hydroxyl groups is 1. The Labute approximate surface area is 573 Å². The summed E-state index contributed by atoms with van der Waals surface area (Å²) >= 11 is 1.26. The average Bonchev–Trinajstić information content (AvgIpc) is 1.72. The van der Waals surface area contributed by atoms with Gasteiger partial charge in [0.1, 0.15) is 60.1 Å². The van der Waals surface area contributed by atoms with Crippen LogP contribution in [0, 0.1) is 0 Å². The Kier molecular flexibility index (Phi) is 33.3. The average molecular weight is 1430 g/mol. The lowest BCUT2D eigenvalue weighted by molar-refractivity contribution is -0.142. The van der Waals surface area contributed by atoms with Crippen LogP contribution in [0.3, 0.4) is 0 Å². The van der Waals surface area contributed by atoms with E-state index in [4.69, 9.17) is 16.0 Å². The number of aliphatic hydroxyl groups excluding tert-OH is 1. The predicted octanol–water partition coefficient (Wildman–Crippen LogP) is -3.90. The summed E-state index contributed by atoms with van der Waals surface area (Å²) in [4.78, 5) is 190. The number of carbonyl (C=O) groups excluding carboxylic acids is 12. The van der Waals surface area contributed by atoms with E-state index >= 15 is 0 Å². The van der Waals surface area contributed by atoms with E-state index < -0.39 is 198 Å². The number of hydrogen-bond donors (Lipinski definition) is 17. The highest BCUT2D eigenvalue weighted by molar-refractivity contribution is 7.98.